The third-order valence-corrected chi connectivity index (χ3v) is 5.98. The molecule has 0 bridgehead atoms. The summed E-state index contributed by atoms with van der Waals surface area (Å²) >= 11 is 0. The highest BCUT2D eigenvalue weighted by Crippen LogP contribution is 2.54. The van der Waals surface area contributed by atoms with E-state index in [-0.39, 0.29) is 11.5 Å². The van der Waals surface area contributed by atoms with Crippen LogP contribution in [0.1, 0.15) is 65.7 Å². The predicted molar refractivity (Wildman–Crippen MR) is 91.1 cm³/mol. The lowest BCUT2D eigenvalue weighted by Crippen LogP contribution is -2.31. The van der Waals surface area contributed by atoms with Crippen molar-refractivity contribution in [3.8, 4) is 0 Å². The van der Waals surface area contributed by atoms with Gasteiger partial charge in [-0.25, -0.2) is 0 Å². The van der Waals surface area contributed by atoms with Crippen LogP contribution in [0.25, 0.3) is 0 Å². The van der Waals surface area contributed by atoms with E-state index in [9.17, 15) is 5.11 Å². The zero-order valence-corrected chi connectivity index (χ0v) is 14.1. The zero-order chi connectivity index (χ0) is 15.6. The van der Waals surface area contributed by atoms with Crippen LogP contribution in [0.2, 0.25) is 0 Å². The number of hydrogen-bond acceptors (Lipinski definition) is 1. The standard InChI is InChI=1S/C20H32O/c1-14(2)17-11-12-20(5)13-19(21)16(4)8-6-7-15(3)9-10-18(17)20/h7,17-19,21H,1,4,6,8-13H2,2-3,5H3. The molecular weight excluding hydrogens is 256 g/mol. The highest BCUT2D eigenvalue weighted by molar-refractivity contribution is 5.13. The molecule has 0 saturated heterocycles. The summed E-state index contributed by atoms with van der Waals surface area (Å²) in [6, 6.07) is 0. The van der Waals surface area contributed by atoms with Crippen molar-refractivity contribution in [2.45, 2.75) is 71.8 Å². The van der Waals surface area contributed by atoms with Gasteiger partial charge in [0.15, 0.2) is 0 Å². The Hall–Kier alpha value is -0.820. The van der Waals surface area contributed by atoms with Crippen molar-refractivity contribution < 1.29 is 5.11 Å². The largest absolute Gasteiger partial charge is 0.389 e. The lowest BCUT2D eigenvalue weighted by molar-refractivity contribution is 0.0918. The van der Waals surface area contributed by atoms with Gasteiger partial charge in [-0.2, -0.15) is 0 Å². The fourth-order valence-electron chi connectivity index (χ4n) is 4.49. The van der Waals surface area contributed by atoms with E-state index in [0.29, 0.717) is 11.8 Å². The molecule has 1 N–H and O–H groups in total. The van der Waals surface area contributed by atoms with Crippen molar-refractivity contribution in [3.05, 3.63) is 36.0 Å². The van der Waals surface area contributed by atoms with Gasteiger partial charge in [-0.15, -0.1) is 0 Å². The lowest BCUT2D eigenvalue weighted by Gasteiger charge is -2.36. The Bertz CT molecular complexity index is 445. The van der Waals surface area contributed by atoms with E-state index in [0.717, 1.165) is 24.8 Å². The number of rotatable bonds is 1. The normalized spacial score (nSPS) is 38.4. The Balaban J connectivity index is 2.27. The molecule has 1 nitrogen and oxygen atoms in total. The number of allylic oxidation sites excluding steroid dienone is 3. The van der Waals surface area contributed by atoms with E-state index in [1.54, 1.807) is 0 Å². The summed E-state index contributed by atoms with van der Waals surface area (Å²) in [6.07, 6.45) is 9.68. The van der Waals surface area contributed by atoms with Crippen molar-refractivity contribution >= 4 is 0 Å². The molecule has 0 radical (unpaired) electrons. The molecule has 4 atom stereocenters. The van der Waals surface area contributed by atoms with E-state index in [1.807, 2.05) is 0 Å². The molecule has 0 amide bonds. The first-order valence-electron chi connectivity index (χ1n) is 8.50. The van der Waals surface area contributed by atoms with E-state index < -0.39 is 0 Å². The molecule has 0 spiro atoms. The van der Waals surface area contributed by atoms with E-state index in [4.69, 9.17) is 0 Å². The van der Waals surface area contributed by atoms with Crippen LogP contribution in [0, 0.1) is 17.3 Å². The third kappa shape index (κ3) is 3.69. The average Bonchev–Trinajstić information content (AvgIpc) is 2.71. The van der Waals surface area contributed by atoms with Crippen LogP contribution in [0.3, 0.4) is 0 Å². The lowest BCUT2D eigenvalue weighted by atomic mass is 9.69. The molecule has 1 fully saturated rings. The van der Waals surface area contributed by atoms with Crippen molar-refractivity contribution in [3.63, 3.8) is 0 Å². The van der Waals surface area contributed by atoms with Crippen LogP contribution in [0.4, 0.5) is 0 Å². The second kappa shape index (κ2) is 6.52. The molecule has 0 aromatic carbocycles. The monoisotopic (exact) mass is 288 g/mol. The molecule has 0 heterocycles. The van der Waals surface area contributed by atoms with Crippen molar-refractivity contribution in [2.24, 2.45) is 17.3 Å². The fraction of sp³-hybridized carbons (Fsp3) is 0.700. The molecular formula is C20H32O. The first-order valence-corrected chi connectivity index (χ1v) is 8.50. The Morgan fingerprint density at radius 2 is 2.05 bits per heavy atom. The highest BCUT2D eigenvalue weighted by Gasteiger charge is 2.45. The van der Waals surface area contributed by atoms with Crippen molar-refractivity contribution in [2.75, 3.05) is 0 Å². The van der Waals surface area contributed by atoms with E-state index >= 15 is 0 Å². The van der Waals surface area contributed by atoms with Crippen molar-refractivity contribution in [1.29, 1.82) is 0 Å². The number of aliphatic hydroxyl groups excluding tert-OH is 1. The maximum Gasteiger partial charge on any atom is 0.0752 e. The number of aliphatic hydroxyl groups is 1. The van der Waals surface area contributed by atoms with Crippen LogP contribution in [-0.2, 0) is 0 Å². The van der Waals surface area contributed by atoms with Gasteiger partial charge in [0.25, 0.3) is 0 Å². The fourth-order valence-corrected chi connectivity index (χ4v) is 4.49. The first-order chi connectivity index (χ1) is 9.83. The van der Waals surface area contributed by atoms with Crippen LogP contribution in [-0.4, -0.2) is 11.2 Å². The second-order valence-electron chi connectivity index (χ2n) is 7.76. The maximum absolute atomic E-state index is 10.6. The first kappa shape index (κ1) is 16.5. The number of hydrogen-bond donors (Lipinski definition) is 1. The maximum atomic E-state index is 10.6. The third-order valence-electron chi connectivity index (χ3n) is 5.98. The second-order valence-corrected chi connectivity index (χ2v) is 7.76. The topological polar surface area (TPSA) is 20.2 Å². The van der Waals surface area contributed by atoms with Gasteiger partial charge in [-0.05, 0) is 81.6 Å². The van der Waals surface area contributed by atoms with Gasteiger partial charge in [-0.3, -0.25) is 0 Å². The van der Waals surface area contributed by atoms with Gasteiger partial charge in [0.05, 0.1) is 6.10 Å². The Morgan fingerprint density at radius 1 is 1.33 bits per heavy atom. The molecule has 0 aromatic rings. The van der Waals surface area contributed by atoms with Gasteiger partial charge < -0.3 is 5.11 Å². The molecule has 0 aliphatic heterocycles. The smallest absolute Gasteiger partial charge is 0.0752 e. The molecule has 0 aromatic heterocycles. The van der Waals surface area contributed by atoms with Gasteiger partial charge in [0, 0.05) is 0 Å². The van der Waals surface area contributed by atoms with Gasteiger partial charge in [0.1, 0.15) is 0 Å². The zero-order valence-electron chi connectivity index (χ0n) is 14.1. The highest BCUT2D eigenvalue weighted by atomic mass is 16.3. The van der Waals surface area contributed by atoms with Crippen LogP contribution in [0.5, 0.6) is 0 Å². The summed E-state index contributed by atoms with van der Waals surface area (Å²) < 4.78 is 0. The summed E-state index contributed by atoms with van der Waals surface area (Å²) in [5.74, 6) is 1.28. The van der Waals surface area contributed by atoms with Crippen molar-refractivity contribution in [1.82, 2.24) is 0 Å². The number of fused-ring (bicyclic) bond motifs is 1. The quantitative estimate of drug-likeness (QED) is 0.638. The molecule has 4 unspecified atom stereocenters. The summed E-state index contributed by atoms with van der Waals surface area (Å²) in [4.78, 5) is 0. The molecule has 21 heavy (non-hydrogen) atoms. The summed E-state index contributed by atoms with van der Waals surface area (Å²) in [5, 5.41) is 10.6. The van der Waals surface area contributed by atoms with Gasteiger partial charge >= 0.3 is 0 Å². The van der Waals surface area contributed by atoms with Crippen LogP contribution >= 0.6 is 0 Å². The van der Waals surface area contributed by atoms with Gasteiger partial charge in [0.2, 0.25) is 0 Å². The Morgan fingerprint density at radius 3 is 2.71 bits per heavy atom. The van der Waals surface area contributed by atoms with Crippen LogP contribution < -0.4 is 0 Å². The molecule has 118 valence electrons. The predicted octanol–water partition coefficient (Wildman–Crippen LogP) is 5.42. The van der Waals surface area contributed by atoms with Gasteiger partial charge in [-0.1, -0.05) is 37.3 Å². The summed E-state index contributed by atoms with van der Waals surface area (Å²) in [6.45, 7) is 15.2. The molecule has 2 aliphatic carbocycles. The molecule has 2 rings (SSSR count). The Labute approximate surface area is 130 Å². The molecule has 1 saturated carbocycles. The minimum Gasteiger partial charge on any atom is -0.389 e. The van der Waals surface area contributed by atoms with E-state index in [2.05, 4.69) is 40.0 Å². The molecule has 2 aliphatic rings. The Kier molecular flexibility index (Phi) is 5.14. The summed E-state index contributed by atoms with van der Waals surface area (Å²) in [5.41, 5.74) is 4.07. The minimum absolute atomic E-state index is 0.233. The van der Waals surface area contributed by atoms with Crippen LogP contribution in [0.15, 0.2) is 36.0 Å². The average molecular weight is 288 g/mol. The van der Waals surface area contributed by atoms with E-state index in [1.165, 1.54) is 36.8 Å². The SMILES string of the molecule is C=C1CCC=C(C)CCC2C(C(=C)C)CCC2(C)CC1O. The summed E-state index contributed by atoms with van der Waals surface area (Å²) in [7, 11) is 0. The molecule has 1 heteroatoms. The minimum atomic E-state index is -0.340.